The molecular weight excluding hydrogens is 332 g/mol. The Kier molecular flexibility index (Phi) is 5.06. The summed E-state index contributed by atoms with van der Waals surface area (Å²) in [5.41, 5.74) is 0.0452. The summed E-state index contributed by atoms with van der Waals surface area (Å²) in [6, 6.07) is 0. The highest BCUT2D eigenvalue weighted by Gasteiger charge is 2.65. The number of aliphatic hydroxyl groups is 1. The van der Waals surface area contributed by atoms with Crippen LogP contribution < -0.4 is 0 Å². The second-order valence-corrected chi connectivity index (χ2v) is 11.3. The van der Waals surface area contributed by atoms with Gasteiger partial charge in [-0.3, -0.25) is 4.79 Å². The molecule has 4 aliphatic rings. The fourth-order valence-electron chi connectivity index (χ4n) is 8.67. The molecule has 0 aromatic carbocycles. The first kappa shape index (κ1) is 19.9. The molecule has 0 aromatic heterocycles. The summed E-state index contributed by atoms with van der Waals surface area (Å²) in [6.07, 6.45) is 13.6. The average molecular weight is 375 g/mol. The number of hydrogen-bond donors (Lipinski definition) is 1. The Morgan fingerprint density at radius 1 is 1.00 bits per heavy atom. The van der Waals surface area contributed by atoms with E-state index in [0.29, 0.717) is 29.0 Å². The quantitative estimate of drug-likeness (QED) is 0.599. The number of carbonyl (C=O) groups excluding carboxylic acids is 1. The van der Waals surface area contributed by atoms with Gasteiger partial charge < -0.3 is 5.11 Å². The number of Topliss-reactive ketones (excluding diaryl/α,β-unsaturated/α-hetero) is 1. The van der Waals surface area contributed by atoms with Crippen molar-refractivity contribution in [2.45, 2.75) is 110 Å². The Hall–Kier alpha value is -0.370. The largest absolute Gasteiger partial charge is 0.389 e. The SMILES string of the molecule is CCCCC[C@]1(O)CC[C@H]2[C@@H]3CC[C@H]4CC(=O)C[C@H](C)[C@]4(C)[C@H]3CC[C@@]21C. The first-order valence-electron chi connectivity index (χ1n) is 12.0. The van der Waals surface area contributed by atoms with Gasteiger partial charge in [-0.1, -0.05) is 47.0 Å². The summed E-state index contributed by atoms with van der Waals surface area (Å²) in [5.74, 6) is 3.91. The van der Waals surface area contributed by atoms with Crippen LogP contribution in [0.3, 0.4) is 0 Å². The minimum Gasteiger partial charge on any atom is -0.389 e. The molecule has 4 rings (SSSR count). The third-order valence-electron chi connectivity index (χ3n) is 10.5. The Balaban J connectivity index is 1.58. The number of unbranched alkanes of at least 4 members (excludes halogenated alkanes) is 2. The van der Waals surface area contributed by atoms with Crippen molar-refractivity contribution >= 4 is 5.78 Å². The van der Waals surface area contributed by atoms with Crippen LogP contribution in [0.15, 0.2) is 0 Å². The van der Waals surface area contributed by atoms with Gasteiger partial charge in [0.25, 0.3) is 0 Å². The zero-order valence-corrected chi connectivity index (χ0v) is 18.2. The van der Waals surface area contributed by atoms with Crippen LogP contribution in [-0.2, 0) is 4.79 Å². The molecule has 0 bridgehead atoms. The van der Waals surface area contributed by atoms with E-state index in [2.05, 4.69) is 27.7 Å². The van der Waals surface area contributed by atoms with Crippen LogP contribution in [0, 0.1) is 40.4 Å². The van der Waals surface area contributed by atoms with Crippen molar-refractivity contribution in [2.24, 2.45) is 40.4 Å². The molecule has 0 aliphatic heterocycles. The lowest BCUT2D eigenvalue weighted by Crippen LogP contribution is -2.58. The minimum atomic E-state index is -0.427. The fraction of sp³-hybridized carbons (Fsp3) is 0.960. The van der Waals surface area contributed by atoms with Crippen molar-refractivity contribution < 1.29 is 9.90 Å². The molecule has 0 spiro atoms. The normalized spacial score (nSPS) is 52.2. The van der Waals surface area contributed by atoms with Gasteiger partial charge in [-0.25, -0.2) is 0 Å². The van der Waals surface area contributed by atoms with E-state index in [-0.39, 0.29) is 5.41 Å². The van der Waals surface area contributed by atoms with Gasteiger partial charge in [0.2, 0.25) is 0 Å². The molecule has 1 N–H and O–H groups in total. The number of ketones is 1. The van der Waals surface area contributed by atoms with Crippen molar-refractivity contribution in [1.29, 1.82) is 0 Å². The first-order valence-corrected chi connectivity index (χ1v) is 12.0. The van der Waals surface area contributed by atoms with Gasteiger partial charge in [-0.2, -0.15) is 0 Å². The third-order valence-corrected chi connectivity index (χ3v) is 10.5. The van der Waals surface area contributed by atoms with Gasteiger partial charge >= 0.3 is 0 Å². The van der Waals surface area contributed by atoms with E-state index in [1.807, 2.05) is 0 Å². The lowest BCUT2D eigenvalue weighted by molar-refractivity contribution is -0.169. The van der Waals surface area contributed by atoms with Crippen LogP contribution in [0.1, 0.15) is 105 Å². The van der Waals surface area contributed by atoms with Crippen LogP contribution in [-0.4, -0.2) is 16.5 Å². The van der Waals surface area contributed by atoms with Gasteiger partial charge in [-0.15, -0.1) is 0 Å². The smallest absolute Gasteiger partial charge is 0.133 e. The summed E-state index contributed by atoms with van der Waals surface area (Å²) in [7, 11) is 0. The molecule has 4 aliphatic carbocycles. The second kappa shape index (κ2) is 6.85. The summed E-state index contributed by atoms with van der Waals surface area (Å²) in [5, 5.41) is 11.7. The molecule has 0 amide bonds. The average Bonchev–Trinajstić information content (AvgIpc) is 2.88. The topological polar surface area (TPSA) is 37.3 Å². The van der Waals surface area contributed by atoms with Crippen LogP contribution in [0.2, 0.25) is 0 Å². The van der Waals surface area contributed by atoms with Crippen LogP contribution >= 0.6 is 0 Å². The van der Waals surface area contributed by atoms with E-state index < -0.39 is 5.60 Å². The molecule has 4 saturated carbocycles. The van der Waals surface area contributed by atoms with Crippen molar-refractivity contribution in [3.8, 4) is 0 Å². The lowest BCUT2D eigenvalue weighted by Gasteiger charge is -2.62. The number of carbonyl (C=O) groups is 1. The lowest BCUT2D eigenvalue weighted by atomic mass is 9.42. The molecule has 0 unspecified atom stereocenters. The maximum absolute atomic E-state index is 12.2. The van der Waals surface area contributed by atoms with E-state index in [4.69, 9.17) is 0 Å². The monoisotopic (exact) mass is 374 g/mol. The van der Waals surface area contributed by atoms with Gasteiger partial charge in [0, 0.05) is 12.8 Å². The zero-order chi connectivity index (χ0) is 19.4. The second-order valence-electron chi connectivity index (χ2n) is 11.3. The van der Waals surface area contributed by atoms with Crippen molar-refractivity contribution in [3.05, 3.63) is 0 Å². The Morgan fingerprint density at radius 3 is 2.48 bits per heavy atom. The molecule has 27 heavy (non-hydrogen) atoms. The summed E-state index contributed by atoms with van der Waals surface area (Å²) < 4.78 is 0. The number of hydrogen-bond acceptors (Lipinski definition) is 2. The van der Waals surface area contributed by atoms with E-state index in [9.17, 15) is 9.90 Å². The zero-order valence-electron chi connectivity index (χ0n) is 18.2. The minimum absolute atomic E-state index is 0.124. The Morgan fingerprint density at radius 2 is 1.74 bits per heavy atom. The third kappa shape index (κ3) is 2.79. The Bertz CT molecular complexity index is 585. The standard InChI is InChI=1S/C25H42O2/c1-5-6-7-12-25(27)14-11-21-20-9-8-18-16-19(26)15-17(2)24(18,4)22(20)10-13-23(21,25)3/h17-18,20-22,27H,5-16H2,1-4H3/t17-,18-,20-,21-,22-,23-,24-,25-/m0/s1. The molecule has 4 fully saturated rings. The molecule has 8 atom stereocenters. The predicted molar refractivity (Wildman–Crippen MR) is 110 cm³/mol. The van der Waals surface area contributed by atoms with E-state index in [1.54, 1.807) is 0 Å². The first-order chi connectivity index (χ1) is 12.8. The van der Waals surface area contributed by atoms with Crippen molar-refractivity contribution in [3.63, 3.8) is 0 Å². The Labute approximate surface area is 166 Å². The predicted octanol–water partition coefficient (Wildman–Crippen LogP) is 6.16. The molecule has 0 radical (unpaired) electrons. The highest BCUT2D eigenvalue weighted by atomic mass is 16.3. The summed E-state index contributed by atoms with van der Waals surface area (Å²) >= 11 is 0. The molecule has 0 aromatic rings. The summed E-state index contributed by atoms with van der Waals surface area (Å²) in [6.45, 7) is 9.59. The molecule has 0 saturated heterocycles. The van der Waals surface area contributed by atoms with Gasteiger partial charge in [0.1, 0.15) is 5.78 Å². The number of rotatable bonds is 4. The molecule has 0 heterocycles. The number of fused-ring (bicyclic) bond motifs is 5. The van der Waals surface area contributed by atoms with Gasteiger partial charge in [0.15, 0.2) is 0 Å². The van der Waals surface area contributed by atoms with Crippen LogP contribution in [0.4, 0.5) is 0 Å². The maximum Gasteiger partial charge on any atom is 0.133 e. The maximum atomic E-state index is 12.2. The van der Waals surface area contributed by atoms with E-state index in [0.717, 1.165) is 37.5 Å². The molecule has 2 heteroatoms. The molecular formula is C25H42O2. The highest BCUT2D eigenvalue weighted by molar-refractivity contribution is 5.80. The van der Waals surface area contributed by atoms with Crippen LogP contribution in [0.25, 0.3) is 0 Å². The fourth-order valence-corrected chi connectivity index (χ4v) is 8.67. The van der Waals surface area contributed by atoms with E-state index >= 15 is 0 Å². The van der Waals surface area contributed by atoms with Gasteiger partial charge in [-0.05, 0) is 85.4 Å². The van der Waals surface area contributed by atoms with Gasteiger partial charge in [0.05, 0.1) is 5.60 Å². The highest BCUT2D eigenvalue weighted by Crippen LogP contribution is 2.69. The van der Waals surface area contributed by atoms with Crippen molar-refractivity contribution in [1.82, 2.24) is 0 Å². The van der Waals surface area contributed by atoms with Crippen LogP contribution in [0.5, 0.6) is 0 Å². The summed E-state index contributed by atoms with van der Waals surface area (Å²) in [4.78, 5) is 12.2. The van der Waals surface area contributed by atoms with Crippen molar-refractivity contribution in [2.75, 3.05) is 0 Å². The molecule has 2 nitrogen and oxygen atoms in total. The van der Waals surface area contributed by atoms with E-state index in [1.165, 1.54) is 51.4 Å². The molecule has 154 valence electrons.